The lowest BCUT2D eigenvalue weighted by molar-refractivity contribution is -0.143. The number of carbonyl (C=O) groups excluding carboxylic acids is 1. The van der Waals surface area contributed by atoms with Crippen molar-refractivity contribution in [3.8, 4) is 0 Å². The van der Waals surface area contributed by atoms with Gasteiger partial charge in [-0.05, 0) is 27.2 Å². The Bertz CT molecular complexity index is 326. The molecule has 0 bridgehead atoms. The highest BCUT2D eigenvalue weighted by molar-refractivity contribution is 7.89. The maximum absolute atomic E-state index is 11.5. The third-order valence-corrected chi connectivity index (χ3v) is 3.34. The first-order chi connectivity index (χ1) is 8.37. The summed E-state index contributed by atoms with van der Waals surface area (Å²) >= 11 is 0. The van der Waals surface area contributed by atoms with Crippen molar-refractivity contribution in [1.82, 2.24) is 4.72 Å². The molecule has 0 saturated heterocycles. The maximum atomic E-state index is 11.5. The van der Waals surface area contributed by atoms with Crippen LogP contribution >= 0.6 is 0 Å². The van der Waals surface area contributed by atoms with Crippen molar-refractivity contribution in [3.63, 3.8) is 0 Å². The number of nitrogens with one attached hydrogen (secondary N) is 1. The molecule has 0 unspecified atom stereocenters. The Morgan fingerprint density at radius 2 is 2.00 bits per heavy atom. The zero-order chi connectivity index (χ0) is 14.0. The highest BCUT2D eigenvalue weighted by Gasteiger charge is 2.10. The average Bonchev–Trinajstić information content (AvgIpc) is 2.24. The summed E-state index contributed by atoms with van der Waals surface area (Å²) in [5.41, 5.74) is 0. The molecule has 0 amide bonds. The molecule has 18 heavy (non-hydrogen) atoms. The van der Waals surface area contributed by atoms with E-state index in [2.05, 4.69) is 4.72 Å². The van der Waals surface area contributed by atoms with Crippen LogP contribution in [0.5, 0.6) is 0 Å². The quantitative estimate of drug-likeness (QED) is 0.470. The van der Waals surface area contributed by atoms with Crippen molar-refractivity contribution >= 4 is 16.0 Å². The van der Waals surface area contributed by atoms with E-state index in [4.69, 9.17) is 9.47 Å². The van der Waals surface area contributed by atoms with Gasteiger partial charge < -0.3 is 9.47 Å². The molecule has 108 valence electrons. The Morgan fingerprint density at radius 3 is 2.56 bits per heavy atom. The summed E-state index contributed by atoms with van der Waals surface area (Å²) in [4.78, 5) is 11.0. The van der Waals surface area contributed by atoms with Crippen LogP contribution in [0.2, 0.25) is 0 Å². The van der Waals surface area contributed by atoms with Crippen LogP contribution in [0, 0.1) is 0 Å². The largest absolute Gasteiger partial charge is 0.466 e. The van der Waals surface area contributed by atoms with Gasteiger partial charge in [0.1, 0.15) is 0 Å². The van der Waals surface area contributed by atoms with Gasteiger partial charge in [0.15, 0.2) is 0 Å². The lowest BCUT2D eigenvalue weighted by atomic mass is 10.3. The van der Waals surface area contributed by atoms with Crippen molar-refractivity contribution in [2.75, 3.05) is 25.5 Å². The Labute approximate surface area is 109 Å². The summed E-state index contributed by atoms with van der Waals surface area (Å²) in [5.74, 6) is -0.371. The summed E-state index contributed by atoms with van der Waals surface area (Å²) < 4.78 is 35.3. The molecular weight excluding hydrogens is 258 g/mol. The second kappa shape index (κ2) is 9.29. The van der Waals surface area contributed by atoms with Crippen molar-refractivity contribution < 1.29 is 22.7 Å². The highest BCUT2D eigenvalue weighted by atomic mass is 32.2. The smallest absolute Gasteiger partial charge is 0.305 e. The Hall–Kier alpha value is -0.660. The van der Waals surface area contributed by atoms with Gasteiger partial charge in [-0.3, -0.25) is 4.79 Å². The van der Waals surface area contributed by atoms with E-state index in [1.165, 1.54) is 0 Å². The molecule has 0 spiro atoms. The monoisotopic (exact) mass is 281 g/mol. The minimum atomic E-state index is -3.31. The molecule has 6 nitrogen and oxygen atoms in total. The van der Waals surface area contributed by atoms with E-state index >= 15 is 0 Å². The Balaban J connectivity index is 3.67. The summed E-state index contributed by atoms with van der Waals surface area (Å²) in [6.45, 7) is 6.18. The molecule has 0 fully saturated rings. The molecule has 0 aromatic rings. The minimum absolute atomic E-state index is 0.0176. The average molecular weight is 281 g/mol. The molecule has 0 aliphatic rings. The zero-order valence-corrected chi connectivity index (χ0v) is 12.1. The first-order valence-electron chi connectivity index (χ1n) is 6.12. The van der Waals surface area contributed by atoms with Gasteiger partial charge in [-0.1, -0.05) is 0 Å². The van der Waals surface area contributed by atoms with E-state index in [0.29, 0.717) is 13.0 Å². The van der Waals surface area contributed by atoms with Crippen LogP contribution in [0.1, 0.15) is 33.6 Å². The minimum Gasteiger partial charge on any atom is -0.466 e. The fourth-order valence-electron chi connectivity index (χ4n) is 1.16. The number of ether oxygens (including phenoxy) is 2. The van der Waals surface area contributed by atoms with Crippen LogP contribution < -0.4 is 4.72 Å². The van der Waals surface area contributed by atoms with E-state index in [-0.39, 0.29) is 37.4 Å². The molecule has 0 aliphatic heterocycles. The van der Waals surface area contributed by atoms with Crippen LogP contribution in [0.4, 0.5) is 0 Å². The summed E-state index contributed by atoms with van der Waals surface area (Å²) in [7, 11) is -3.31. The standard InChI is InChI=1S/C11H23NO5S/c1-4-16-11(13)6-5-7-12-18(14,15)9-8-17-10(2)3/h10,12H,4-9H2,1-3H3. The lowest BCUT2D eigenvalue weighted by Gasteiger charge is -2.09. The molecular formula is C11H23NO5S. The van der Waals surface area contributed by atoms with Gasteiger partial charge in [0.25, 0.3) is 0 Å². The SMILES string of the molecule is CCOC(=O)CCCNS(=O)(=O)CCOC(C)C. The lowest BCUT2D eigenvalue weighted by Crippen LogP contribution is -2.30. The molecule has 0 saturated carbocycles. The summed E-state index contributed by atoms with van der Waals surface area (Å²) in [6.07, 6.45) is 0.672. The van der Waals surface area contributed by atoms with Crippen LogP contribution in [0.25, 0.3) is 0 Å². The van der Waals surface area contributed by atoms with Gasteiger partial charge in [-0.25, -0.2) is 13.1 Å². The van der Waals surface area contributed by atoms with Gasteiger partial charge in [0.05, 0.1) is 25.1 Å². The Morgan fingerprint density at radius 1 is 1.33 bits per heavy atom. The van der Waals surface area contributed by atoms with Crippen LogP contribution in [-0.4, -0.2) is 46.0 Å². The fourth-order valence-corrected chi connectivity index (χ4v) is 2.07. The second-order valence-corrected chi connectivity index (χ2v) is 5.97. The summed E-state index contributed by atoms with van der Waals surface area (Å²) in [6, 6.07) is 0. The van der Waals surface area contributed by atoms with Crippen molar-refractivity contribution in [2.24, 2.45) is 0 Å². The third-order valence-electron chi connectivity index (χ3n) is 1.99. The number of rotatable bonds is 10. The molecule has 0 radical (unpaired) electrons. The molecule has 0 aliphatic carbocycles. The normalized spacial score (nSPS) is 11.8. The fraction of sp³-hybridized carbons (Fsp3) is 0.909. The van der Waals surface area contributed by atoms with E-state index in [9.17, 15) is 13.2 Å². The van der Waals surface area contributed by atoms with Crippen molar-refractivity contribution in [1.29, 1.82) is 0 Å². The zero-order valence-electron chi connectivity index (χ0n) is 11.3. The van der Waals surface area contributed by atoms with Gasteiger partial charge in [-0.2, -0.15) is 0 Å². The van der Waals surface area contributed by atoms with Gasteiger partial charge in [-0.15, -0.1) is 0 Å². The molecule has 0 heterocycles. The first-order valence-corrected chi connectivity index (χ1v) is 7.77. The first kappa shape index (κ1) is 17.3. The van der Waals surface area contributed by atoms with Crippen molar-refractivity contribution in [2.45, 2.75) is 39.7 Å². The van der Waals surface area contributed by atoms with Crippen LogP contribution in [0.15, 0.2) is 0 Å². The van der Waals surface area contributed by atoms with Crippen LogP contribution in [-0.2, 0) is 24.3 Å². The number of hydrogen-bond donors (Lipinski definition) is 1. The number of esters is 1. The molecule has 0 aromatic heterocycles. The number of sulfonamides is 1. The van der Waals surface area contributed by atoms with Gasteiger partial charge in [0.2, 0.25) is 10.0 Å². The van der Waals surface area contributed by atoms with Crippen molar-refractivity contribution in [3.05, 3.63) is 0 Å². The van der Waals surface area contributed by atoms with E-state index in [0.717, 1.165) is 0 Å². The van der Waals surface area contributed by atoms with E-state index < -0.39 is 10.0 Å². The van der Waals surface area contributed by atoms with E-state index in [1.54, 1.807) is 6.92 Å². The molecule has 0 aromatic carbocycles. The Kier molecular flexibility index (Phi) is 8.95. The molecule has 0 rings (SSSR count). The topological polar surface area (TPSA) is 81.7 Å². The predicted octanol–water partition coefficient (Wildman–Crippen LogP) is 0.674. The number of hydrogen-bond acceptors (Lipinski definition) is 5. The molecule has 0 atom stereocenters. The second-order valence-electron chi connectivity index (χ2n) is 4.04. The van der Waals surface area contributed by atoms with Crippen LogP contribution in [0.3, 0.4) is 0 Å². The molecule has 7 heteroatoms. The maximum Gasteiger partial charge on any atom is 0.305 e. The van der Waals surface area contributed by atoms with E-state index in [1.807, 2.05) is 13.8 Å². The van der Waals surface area contributed by atoms with Gasteiger partial charge in [0, 0.05) is 13.0 Å². The third kappa shape index (κ3) is 10.5. The molecule has 1 N–H and O–H groups in total. The van der Waals surface area contributed by atoms with Gasteiger partial charge >= 0.3 is 5.97 Å². The predicted molar refractivity (Wildman–Crippen MR) is 68.7 cm³/mol. The number of carbonyl (C=O) groups is 1. The highest BCUT2D eigenvalue weighted by Crippen LogP contribution is 1.94. The summed E-state index contributed by atoms with van der Waals surface area (Å²) in [5, 5.41) is 0.